The Morgan fingerprint density at radius 3 is 2.15 bits per heavy atom. The maximum absolute atomic E-state index is 10.0. The molecule has 0 atom stereocenters. The summed E-state index contributed by atoms with van der Waals surface area (Å²) in [5.74, 6) is -0.0625. The quantitative estimate of drug-likeness (QED) is 0.111. The van der Waals surface area contributed by atoms with Crippen LogP contribution in [-0.2, 0) is 30.3 Å². The maximum atomic E-state index is 10.0. The average molecular weight is 720 g/mol. The van der Waals surface area contributed by atoms with Crippen LogP contribution in [0.25, 0.3) is 38.1 Å². The van der Waals surface area contributed by atoms with Gasteiger partial charge in [-0.25, -0.2) is 0 Å². The fraction of sp³-hybridized carbons (Fsp3) is 0.200. The fourth-order valence-corrected chi connectivity index (χ4v) is 5.75. The van der Waals surface area contributed by atoms with Gasteiger partial charge in [-0.3, -0.25) is 4.79 Å². The van der Waals surface area contributed by atoms with Gasteiger partial charge in [0.1, 0.15) is 0 Å². The number of hydrogen-bond acceptors (Lipinski definition) is 4. The van der Waals surface area contributed by atoms with Gasteiger partial charge in [-0.15, -0.1) is 17.1 Å². The first-order valence-corrected chi connectivity index (χ1v) is 13.5. The first-order valence-electron chi connectivity index (χ1n) is 13.5. The van der Waals surface area contributed by atoms with E-state index in [2.05, 4.69) is 128 Å². The molecule has 1 radical (unpaired) electrons. The van der Waals surface area contributed by atoms with Crippen LogP contribution < -0.4 is 9.80 Å². The second-order valence-corrected chi connectivity index (χ2v) is 11.6. The number of carbonyl (C=O) groups is 1. The topological polar surface area (TPSA) is 48.2 Å². The summed E-state index contributed by atoms with van der Waals surface area (Å²) >= 11 is 0. The largest absolute Gasteiger partial charge is 0.512 e. The third-order valence-electron chi connectivity index (χ3n) is 7.56. The van der Waals surface area contributed by atoms with Crippen molar-refractivity contribution in [3.63, 3.8) is 0 Å². The number of aliphatic hydroxyl groups is 1. The number of anilines is 3. The third kappa shape index (κ3) is 4.86. The van der Waals surface area contributed by atoms with Gasteiger partial charge < -0.3 is 19.3 Å². The number of carbonyl (C=O) groups excluding carboxylic acids is 1. The van der Waals surface area contributed by atoms with E-state index in [-0.39, 0.29) is 37.1 Å². The number of ketones is 1. The van der Waals surface area contributed by atoms with E-state index < -0.39 is 0 Å². The predicted molar refractivity (Wildman–Crippen MR) is 167 cm³/mol. The van der Waals surface area contributed by atoms with Gasteiger partial charge in [0.25, 0.3) is 0 Å². The predicted octanol–water partition coefficient (Wildman–Crippen LogP) is 8.68. The summed E-state index contributed by atoms with van der Waals surface area (Å²) in [5.41, 5.74) is 8.69. The number of rotatable bonds is 2. The molecule has 0 amide bonds. The number of aliphatic hydroxyl groups excluding tert-OH is 1. The van der Waals surface area contributed by atoms with Crippen molar-refractivity contribution in [3.05, 3.63) is 103 Å². The molecule has 1 N–H and O–H groups in total. The maximum Gasteiger partial charge on any atom is 0.155 e. The van der Waals surface area contributed by atoms with E-state index in [1.54, 1.807) is 0 Å². The van der Waals surface area contributed by atoms with E-state index in [1.165, 1.54) is 75.0 Å². The molecule has 0 unspecified atom stereocenters. The van der Waals surface area contributed by atoms with E-state index in [9.17, 15) is 4.79 Å². The number of benzene rings is 4. The van der Waals surface area contributed by atoms with Gasteiger partial charge in [0, 0.05) is 59.4 Å². The molecule has 2 aromatic heterocycles. The Bertz CT molecular complexity index is 1940. The van der Waals surface area contributed by atoms with Crippen molar-refractivity contribution in [2.75, 3.05) is 16.8 Å². The van der Waals surface area contributed by atoms with Crippen LogP contribution in [0.3, 0.4) is 0 Å². The molecule has 6 aromatic rings. The Balaban J connectivity index is 0.000000379. The van der Waals surface area contributed by atoms with Gasteiger partial charge in [0.05, 0.1) is 5.76 Å². The molecule has 211 valence electrons. The Kier molecular flexibility index (Phi) is 7.35. The van der Waals surface area contributed by atoms with Crippen molar-refractivity contribution in [1.82, 2.24) is 4.40 Å². The second kappa shape index (κ2) is 10.5. The minimum Gasteiger partial charge on any atom is -0.512 e. The molecule has 6 heteroatoms. The van der Waals surface area contributed by atoms with Crippen LogP contribution in [0.1, 0.15) is 40.2 Å². The van der Waals surface area contributed by atoms with Gasteiger partial charge >= 0.3 is 0 Å². The molecule has 4 aromatic carbocycles. The van der Waals surface area contributed by atoms with E-state index in [0.717, 1.165) is 5.69 Å². The minimum atomic E-state index is -0.125. The van der Waals surface area contributed by atoms with Crippen LogP contribution in [-0.4, -0.2) is 22.3 Å². The number of nitrogens with zero attached hydrogens (tertiary/aromatic N) is 3. The zero-order valence-electron chi connectivity index (χ0n) is 24.1. The number of fused-ring (bicyclic) bond motifs is 7. The molecule has 41 heavy (non-hydrogen) atoms. The first-order chi connectivity index (χ1) is 19.0. The van der Waals surface area contributed by atoms with Gasteiger partial charge in [-0.2, -0.15) is 18.8 Å². The molecular weight excluding hydrogens is 687 g/mol. The molecule has 1 aliphatic heterocycles. The summed E-state index contributed by atoms with van der Waals surface area (Å²) in [6.45, 7) is 11.9. The molecule has 0 saturated carbocycles. The standard InChI is InChI=1S/C30H25N3.C5H8O2.Ir/c1-30(2,3)19-15-23-21-9-5-6-10-25(21)33-26-14-13-20(17-22(26)24(16-19)29(23)33)32-18-31(4)27-11-7-8-12-28(27)32;1-4(6)3-5(2)7;/h5-12,14-18H,1-4H3;3,6H,1-2H3;/q-2;;/b;4-3-;. The Morgan fingerprint density at radius 1 is 0.878 bits per heavy atom. The second-order valence-electron chi connectivity index (χ2n) is 11.6. The molecule has 0 spiro atoms. The SMILES string of the molecule is CC(=O)/C=C(/C)O.CN1[CH-]N(c2[c-]cc3c(c2)c2cc(C(C)(C)C)cc4c5ccccc5n3c24)c2ccccc21.[Ir]. The van der Waals surface area contributed by atoms with Gasteiger partial charge in [-0.05, 0) is 61.5 Å². The Hall–Kier alpha value is -3.86. The van der Waals surface area contributed by atoms with Crippen LogP contribution in [0.5, 0.6) is 0 Å². The van der Waals surface area contributed by atoms with Crippen molar-refractivity contribution in [3.8, 4) is 0 Å². The molecular formula is C35H33IrN3O2-2. The average Bonchev–Trinajstić information content (AvgIpc) is 3.54. The normalized spacial score (nSPS) is 13.6. The number of allylic oxidation sites excluding steroid dienone is 2. The van der Waals surface area contributed by atoms with Crippen molar-refractivity contribution in [1.29, 1.82) is 0 Å². The zero-order chi connectivity index (χ0) is 28.3. The number of hydrogen-bond donors (Lipinski definition) is 1. The molecule has 0 saturated heterocycles. The van der Waals surface area contributed by atoms with Gasteiger partial charge in [0.2, 0.25) is 0 Å². The van der Waals surface area contributed by atoms with E-state index >= 15 is 0 Å². The van der Waals surface area contributed by atoms with Crippen molar-refractivity contribution in [2.45, 2.75) is 40.0 Å². The van der Waals surface area contributed by atoms with Crippen molar-refractivity contribution >= 4 is 60.9 Å². The van der Waals surface area contributed by atoms with Gasteiger partial charge in [0.15, 0.2) is 5.78 Å². The summed E-state index contributed by atoms with van der Waals surface area (Å²) in [7, 11) is 2.10. The van der Waals surface area contributed by atoms with Crippen LogP contribution >= 0.6 is 0 Å². The van der Waals surface area contributed by atoms with Crippen LogP contribution in [0.4, 0.5) is 17.1 Å². The summed E-state index contributed by atoms with van der Waals surface area (Å²) in [5, 5.41) is 13.6. The molecule has 5 nitrogen and oxygen atoms in total. The molecule has 0 aliphatic carbocycles. The molecule has 7 rings (SSSR count). The summed E-state index contributed by atoms with van der Waals surface area (Å²) in [4.78, 5) is 14.4. The first kappa shape index (κ1) is 28.7. The molecule has 1 aliphatic rings. The summed E-state index contributed by atoms with van der Waals surface area (Å²) in [6, 6.07) is 30.2. The smallest absolute Gasteiger partial charge is 0.155 e. The van der Waals surface area contributed by atoms with E-state index in [4.69, 9.17) is 5.11 Å². The van der Waals surface area contributed by atoms with Crippen LogP contribution in [0, 0.1) is 12.7 Å². The monoisotopic (exact) mass is 720 g/mol. The fourth-order valence-electron chi connectivity index (χ4n) is 5.75. The summed E-state index contributed by atoms with van der Waals surface area (Å²) in [6.07, 6.45) is 1.17. The van der Waals surface area contributed by atoms with Gasteiger partial charge in [-0.1, -0.05) is 62.7 Å². The van der Waals surface area contributed by atoms with E-state index in [0.29, 0.717) is 0 Å². The Morgan fingerprint density at radius 2 is 1.51 bits per heavy atom. The molecule has 0 fully saturated rings. The zero-order valence-corrected chi connectivity index (χ0v) is 26.5. The molecule has 3 heterocycles. The number of aromatic nitrogens is 1. The van der Waals surface area contributed by atoms with Crippen LogP contribution in [0.15, 0.2) is 84.6 Å². The minimum absolute atomic E-state index is 0. The third-order valence-corrected chi connectivity index (χ3v) is 7.56. The number of para-hydroxylation sites is 3. The molecule has 0 bridgehead atoms. The van der Waals surface area contributed by atoms with Crippen molar-refractivity contribution < 1.29 is 30.0 Å². The van der Waals surface area contributed by atoms with Crippen molar-refractivity contribution in [2.24, 2.45) is 0 Å². The Labute approximate surface area is 254 Å². The van der Waals surface area contributed by atoms with Crippen LogP contribution in [0.2, 0.25) is 0 Å². The summed E-state index contributed by atoms with van der Waals surface area (Å²) < 4.78 is 2.43. The van der Waals surface area contributed by atoms with E-state index in [1.807, 2.05) is 0 Å².